The third kappa shape index (κ3) is 3.74. The highest BCUT2D eigenvalue weighted by molar-refractivity contribution is 6.08. The van der Waals surface area contributed by atoms with Crippen LogP contribution in [-0.2, 0) is 11.3 Å². The number of carbonyl (C=O) groups is 2. The minimum absolute atomic E-state index is 0.163. The lowest BCUT2D eigenvalue weighted by atomic mass is 10.1. The van der Waals surface area contributed by atoms with Crippen LogP contribution in [0.3, 0.4) is 0 Å². The van der Waals surface area contributed by atoms with Gasteiger partial charge in [-0.2, -0.15) is 0 Å². The molecule has 2 amide bonds. The molecule has 0 aliphatic carbocycles. The van der Waals surface area contributed by atoms with Crippen molar-refractivity contribution in [1.82, 2.24) is 0 Å². The molecule has 0 aromatic heterocycles. The Morgan fingerprint density at radius 2 is 1.74 bits per heavy atom. The van der Waals surface area contributed by atoms with Crippen molar-refractivity contribution in [2.75, 3.05) is 10.6 Å². The number of fused-ring (bicyclic) bond motifs is 2. The number of anilines is 2. The summed E-state index contributed by atoms with van der Waals surface area (Å²) in [6.07, 6.45) is -0.600. The van der Waals surface area contributed by atoms with Gasteiger partial charge in [-0.1, -0.05) is 42.5 Å². The van der Waals surface area contributed by atoms with Gasteiger partial charge in [0.05, 0.1) is 11.3 Å². The number of hydrogen-bond acceptors (Lipinski definition) is 4. The second-order valence-electron chi connectivity index (χ2n) is 5.95. The van der Waals surface area contributed by atoms with E-state index in [4.69, 9.17) is 9.47 Å². The summed E-state index contributed by atoms with van der Waals surface area (Å²) in [6.45, 7) is 0.163. The van der Waals surface area contributed by atoms with Crippen LogP contribution in [0.2, 0.25) is 0 Å². The average Bonchev–Trinajstić information content (AvgIpc) is 2.83. The third-order valence-corrected chi connectivity index (χ3v) is 4.04. The first kappa shape index (κ1) is 16.7. The predicted octanol–water partition coefficient (Wildman–Crippen LogP) is 4.79. The first-order valence-corrected chi connectivity index (χ1v) is 8.39. The Labute approximate surface area is 155 Å². The summed E-state index contributed by atoms with van der Waals surface area (Å²) >= 11 is 0. The lowest BCUT2D eigenvalue weighted by Gasteiger charge is -2.10. The number of nitrogens with one attached hydrogen (secondary N) is 2. The number of amides is 2. The molecule has 0 unspecified atom stereocenters. The molecule has 6 heteroatoms. The normalized spacial score (nSPS) is 11.9. The van der Waals surface area contributed by atoms with E-state index in [1.807, 2.05) is 42.5 Å². The van der Waals surface area contributed by atoms with Crippen LogP contribution in [-0.4, -0.2) is 12.0 Å². The van der Waals surface area contributed by atoms with Crippen LogP contribution in [0.5, 0.6) is 11.5 Å². The van der Waals surface area contributed by atoms with E-state index >= 15 is 0 Å². The van der Waals surface area contributed by atoms with Crippen molar-refractivity contribution in [3.63, 3.8) is 0 Å². The maximum Gasteiger partial charge on any atom is 0.411 e. The quantitative estimate of drug-likeness (QED) is 0.704. The molecule has 4 rings (SSSR count). The molecular formula is C21H16N2O4. The average molecular weight is 360 g/mol. The molecule has 3 aromatic rings. The van der Waals surface area contributed by atoms with Gasteiger partial charge in [0.15, 0.2) is 5.75 Å². The highest BCUT2D eigenvalue weighted by atomic mass is 16.5. The first-order chi connectivity index (χ1) is 13.2. The van der Waals surface area contributed by atoms with E-state index in [9.17, 15) is 9.59 Å². The van der Waals surface area contributed by atoms with Gasteiger partial charge >= 0.3 is 6.09 Å². The minimum atomic E-state index is -0.600. The van der Waals surface area contributed by atoms with Crippen LogP contribution in [0.4, 0.5) is 16.2 Å². The Hall–Kier alpha value is -3.80. The third-order valence-electron chi connectivity index (χ3n) is 4.04. The Bertz CT molecular complexity index is 1000. The van der Waals surface area contributed by atoms with E-state index < -0.39 is 6.09 Å². The molecule has 1 aliphatic heterocycles. The molecule has 1 aliphatic rings. The Kier molecular flexibility index (Phi) is 4.45. The number of ether oxygens (including phenoxy) is 2. The summed E-state index contributed by atoms with van der Waals surface area (Å²) in [5, 5.41) is 5.43. The number of benzene rings is 3. The van der Waals surface area contributed by atoms with Gasteiger partial charge in [-0.05, 0) is 35.9 Å². The summed E-state index contributed by atoms with van der Waals surface area (Å²) in [5.74, 6) is 0.671. The summed E-state index contributed by atoms with van der Waals surface area (Å²) in [7, 11) is 0. The van der Waals surface area contributed by atoms with Crippen molar-refractivity contribution >= 4 is 23.4 Å². The van der Waals surface area contributed by atoms with Crippen LogP contribution in [0.25, 0.3) is 0 Å². The minimum Gasteiger partial charge on any atom is -0.454 e. The first-order valence-electron chi connectivity index (χ1n) is 8.39. The van der Waals surface area contributed by atoms with Gasteiger partial charge in [0.2, 0.25) is 0 Å². The van der Waals surface area contributed by atoms with Gasteiger partial charge in [0, 0.05) is 5.69 Å². The molecule has 0 radical (unpaired) electrons. The van der Waals surface area contributed by atoms with Gasteiger partial charge in [-0.15, -0.1) is 0 Å². The van der Waals surface area contributed by atoms with E-state index in [1.54, 1.807) is 30.3 Å². The fourth-order valence-electron chi connectivity index (χ4n) is 2.72. The standard InChI is InChI=1S/C21H16N2O4/c24-20-16-12-15(22-21(25)26-13-14-6-2-1-3-7-14)10-11-18(16)27-19-9-5-4-8-17(19)23-20/h1-12H,13H2,(H,22,25)(H,23,24). The van der Waals surface area contributed by atoms with Crippen molar-refractivity contribution in [2.24, 2.45) is 0 Å². The van der Waals surface area contributed by atoms with E-state index in [2.05, 4.69) is 10.6 Å². The number of para-hydroxylation sites is 2. The highest BCUT2D eigenvalue weighted by Gasteiger charge is 2.21. The number of rotatable bonds is 3. The Balaban J connectivity index is 1.47. The van der Waals surface area contributed by atoms with Crippen molar-refractivity contribution < 1.29 is 19.1 Å². The molecular weight excluding hydrogens is 344 g/mol. The topological polar surface area (TPSA) is 76.7 Å². The molecule has 0 atom stereocenters. The largest absolute Gasteiger partial charge is 0.454 e. The van der Waals surface area contributed by atoms with Crippen LogP contribution in [0.1, 0.15) is 15.9 Å². The fraction of sp³-hybridized carbons (Fsp3) is 0.0476. The molecule has 2 N–H and O–H groups in total. The maximum absolute atomic E-state index is 12.5. The highest BCUT2D eigenvalue weighted by Crippen LogP contribution is 2.36. The molecule has 134 valence electrons. The van der Waals surface area contributed by atoms with Crippen molar-refractivity contribution in [1.29, 1.82) is 0 Å². The van der Waals surface area contributed by atoms with E-state index in [-0.39, 0.29) is 12.5 Å². The Morgan fingerprint density at radius 1 is 0.963 bits per heavy atom. The monoisotopic (exact) mass is 360 g/mol. The van der Waals surface area contributed by atoms with E-state index in [0.29, 0.717) is 28.4 Å². The predicted molar refractivity (Wildman–Crippen MR) is 101 cm³/mol. The van der Waals surface area contributed by atoms with Crippen LogP contribution in [0, 0.1) is 0 Å². The second kappa shape index (κ2) is 7.21. The SMILES string of the molecule is O=C(Nc1ccc2c(c1)C(=O)Nc1ccccc1O2)OCc1ccccc1. The molecule has 0 bridgehead atoms. The Morgan fingerprint density at radius 3 is 2.59 bits per heavy atom. The van der Waals surface area contributed by atoms with Crippen LogP contribution < -0.4 is 15.4 Å². The zero-order valence-corrected chi connectivity index (χ0v) is 14.3. The fourth-order valence-corrected chi connectivity index (χ4v) is 2.72. The van der Waals surface area contributed by atoms with Crippen molar-refractivity contribution in [3.05, 3.63) is 83.9 Å². The molecule has 27 heavy (non-hydrogen) atoms. The number of hydrogen-bond donors (Lipinski definition) is 2. The lowest BCUT2D eigenvalue weighted by molar-refractivity contribution is 0.102. The summed E-state index contributed by atoms with van der Waals surface area (Å²) < 4.78 is 11.0. The van der Waals surface area contributed by atoms with Gasteiger partial charge in [-0.25, -0.2) is 4.79 Å². The smallest absolute Gasteiger partial charge is 0.411 e. The molecule has 0 fully saturated rings. The maximum atomic E-state index is 12.5. The van der Waals surface area contributed by atoms with Gasteiger partial charge in [0.25, 0.3) is 5.91 Å². The van der Waals surface area contributed by atoms with E-state index in [1.165, 1.54) is 0 Å². The molecule has 0 saturated heterocycles. The molecule has 0 spiro atoms. The zero-order valence-electron chi connectivity index (χ0n) is 14.3. The van der Waals surface area contributed by atoms with E-state index in [0.717, 1.165) is 5.56 Å². The van der Waals surface area contributed by atoms with Gasteiger partial charge in [0.1, 0.15) is 12.4 Å². The molecule has 3 aromatic carbocycles. The van der Waals surface area contributed by atoms with Crippen molar-refractivity contribution in [2.45, 2.75) is 6.61 Å². The van der Waals surface area contributed by atoms with Crippen molar-refractivity contribution in [3.8, 4) is 11.5 Å². The van der Waals surface area contributed by atoms with Crippen LogP contribution >= 0.6 is 0 Å². The number of carbonyl (C=O) groups excluding carboxylic acids is 2. The molecule has 6 nitrogen and oxygen atoms in total. The lowest BCUT2D eigenvalue weighted by Crippen LogP contribution is -2.15. The molecule has 0 saturated carbocycles. The summed E-state index contributed by atoms with van der Waals surface area (Å²) in [5.41, 5.74) is 2.25. The molecule has 1 heterocycles. The zero-order chi connectivity index (χ0) is 18.6. The van der Waals surface area contributed by atoms with Gasteiger partial charge in [-0.3, -0.25) is 10.1 Å². The van der Waals surface area contributed by atoms with Gasteiger partial charge < -0.3 is 14.8 Å². The van der Waals surface area contributed by atoms with Crippen LogP contribution in [0.15, 0.2) is 72.8 Å². The summed E-state index contributed by atoms with van der Waals surface area (Å²) in [6, 6.07) is 21.4. The second-order valence-corrected chi connectivity index (χ2v) is 5.95. The summed E-state index contributed by atoms with van der Waals surface area (Å²) in [4.78, 5) is 24.5.